The van der Waals surface area contributed by atoms with Crippen molar-refractivity contribution in [2.75, 3.05) is 7.11 Å². The van der Waals surface area contributed by atoms with Gasteiger partial charge < -0.3 is 9.84 Å². The molecule has 158 valence electrons. The van der Waals surface area contributed by atoms with Crippen LogP contribution in [0.2, 0.25) is 0 Å². The molecule has 0 amide bonds. The van der Waals surface area contributed by atoms with Crippen LogP contribution in [0.4, 0.5) is 0 Å². The number of rotatable bonds is 7. The van der Waals surface area contributed by atoms with E-state index in [2.05, 4.69) is 49.4 Å². The fourth-order valence-electron chi connectivity index (χ4n) is 5.85. The summed E-state index contributed by atoms with van der Waals surface area (Å²) in [5.41, 5.74) is 7.77. The maximum Gasteiger partial charge on any atom is 0.335 e. The Morgan fingerprint density at radius 2 is 1.71 bits per heavy atom. The van der Waals surface area contributed by atoms with Gasteiger partial charge in [-0.3, -0.25) is 0 Å². The van der Waals surface area contributed by atoms with Crippen molar-refractivity contribution in [3.8, 4) is 5.75 Å². The molecule has 0 aliphatic heterocycles. The molecule has 5 rings (SSSR count). The van der Waals surface area contributed by atoms with E-state index in [1.165, 1.54) is 28.7 Å². The van der Waals surface area contributed by atoms with E-state index in [4.69, 9.17) is 9.84 Å². The zero-order chi connectivity index (χ0) is 21.6. The van der Waals surface area contributed by atoms with Crippen LogP contribution < -0.4 is 4.74 Å². The molecule has 2 aliphatic carbocycles. The van der Waals surface area contributed by atoms with Gasteiger partial charge in [-0.05, 0) is 95.0 Å². The second-order valence-electron chi connectivity index (χ2n) is 9.21. The summed E-state index contributed by atoms with van der Waals surface area (Å²) in [5, 5.41) is 9.10. The van der Waals surface area contributed by atoms with Crippen molar-refractivity contribution >= 4 is 5.97 Å². The number of aryl methyl sites for hydroxylation is 2. The van der Waals surface area contributed by atoms with E-state index < -0.39 is 5.97 Å². The fourth-order valence-corrected chi connectivity index (χ4v) is 5.85. The van der Waals surface area contributed by atoms with E-state index in [0.717, 1.165) is 30.9 Å². The van der Waals surface area contributed by atoms with E-state index >= 15 is 0 Å². The number of methoxy groups -OCH3 is 1. The number of carbonyl (C=O) groups is 1. The lowest BCUT2D eigenvalue weighted by Crippen LogP contribution is -2.11. The Morgan fingerprint density at radius 1 is 1.00 bits per heavy atom. The van der Waals surface area contributed by atoms with Gasteiger partial charge >= 0.3 is 5.97 Å². The van der Waals surface area contributed by atoms with Gasteiger partial charge in [0.1, 0.15) is 5.75 Å². The molecule has 3 nitrogen and oxygen atoms in total. The van der Waals surface area contributed by atoms with Gasteiger partial charge in [-0.15, -0.1) is 0 Å². The molecule has 0 aromatic heterocycles. The first-order chi connectivity index (χ1) is 15.0. The highest BCUT2D eigenvalue weighted by molar-refractivity contribution is 5.87. The molecule has 1 saturated carbocycles. The molecule has 2 aliphatic rings. The van der Waals surface area contributed by atoms with E-state index in [1.54, 1.807) is 24.8 Å². The van der Waals surface area contributed by atoms with Crippen LogP contribution in [0, 0.1) is 11.8 Å². The molecule has 3 heteroatoms. The van der Waals surface area contributed by atoms with Crippen LogP contribution in [-0.2, 0) is 31.1 Å². The van der Waals surface area contributed by atoms with Crippen molar-refractivity contribution < 1.29 is 14.6 Å². The van der Waals surface area contributed by atoms with E-state index in [0.29, 0.717) is 11.5 Å². The average Bonchev–Trinajstić information content (AvgIpc) is 3.19. The minimum Gasteiger partial charge on any atom is -0.497 e. The number of aromatic carboxylic acids is 1. The standard InChI is InChI=1S/C28H28O3/c1-28-24(16-19-9-14-23(31-2)15-10-19)25(28)17-22-5-3-4-20(26(22)28)11-6-18-7-12-21(13-8-18)27(29)30/h3-5,7-10,12-15,24-25H,6,11,16-17H2,1-2H3,(H,29,30). The van der Waals surface area contributed by atoms with Gasteiger partial charge in [0, 0.05) is 0 Å². The van der Waals surface area contributed by atoms with Crippen LogP contribution in [0.1, 0.15) is 45.1 Å². The summed E-state index contributed by atoms with van der Waals surface area (Å²) in [6.07, 6.45) is 4.23. The van der Waals surface area contributed by atoms with Crippen molar-refractivity contribution in [3.63, 3.8) is 0 Å². The third-order valence-electron chi connectivity index (χ3n) is 7.63. The Labute approximate surface area is 183 Å². The Bertz CT molecular complexity index is 1110. The monoisotopic (exact) mass is 412 g/mol. The topological polar surface area (TPSA) is 46.5 Å². The lowest BCUT2D eigenvalue weighted by Gasteiger charge is -2.19. The average molecular weight is 413 g/mol. The summed E-state index contributed by atoms with van der Waals surface area (Å²) in [5.74, 6) is 1.47. The van der Waals surface area contributed by atoms with Gasteiger partial charge in [0.05, 0.1) is 12.7 Å². The third-order valence-corrected chi connectivity index (χ3v) is 7.63. The predicted molar refractivity (Wildman–Crippen MR) is 122 cm³/mol. The molecule has 31 heavy (non-hydrogen) atoms. The molecule has 0 bridgehead atoms. The summed E-state index contributed by atoms with van der Waals surface area (Å²) in [6.45, 7) is 2.46. The highest BCUT2D eigenvalue weighted by Crippen LogP contribution is 2.67. The summed E-state index contributed by atoms with van der Waals surface area (Å²) in [4.78, 5) is 11.1. The highest BCUT2D eigenvalue weighted by Gasteiger charge is 2.65. The zero-order valence-corrected chi connectivity index (χ0v) is 18.1. The molecule has 3 aromatic rings. The summed E-state index contributed by atoms with van der Waals surface area (Å²) < 4.78 is 5.30. The van der Waals surface area contributed by atoms with Gasteiger partial charge in [0.25, 0.3) is 0 Å². The molecule has 1 fully saturated rings. The molecule has 1 N–H and O–H groups in total. The van der Waals surface area contributed by atoms with Crippen molar-refractivity contribution in [1.82, 2.24) is 0 Å². The van der Waals surface area contributed by atoms with E-state index in [-0.39, 0.29) is 5.41 Å². The van der Waals surface area contributed by atoms with Gasteiger partial charge in [0.2, 0.25) is 0 Å². The molecule has 0 heterocycles. The number of benzene rings is 3. The number of fused-ring (bicyclic) bond motifs is 3. The highest BCUT2D eigenvalue weighted by atomic mass is 16.5. The van der Waals surface area contributed by atoms with Gasteiger partial charge in [0.15, 0.2) is 0 Å². The van der Waals surface area contributed by atoms with E-state index in [9.17, 15) is 4.79 Å². The Hall–Kier alpha value is -3.07. The summed E-state index contributed by atoms with van der Waals surface area (Å²) in [6, 6.07) is 22.6. The van der Waals surface area contributed by atoms with Crippen LogP contribution in [0.25, 0.3) is 0 Å². The maximum atomic E-state index is 11.1. The molecule has 0 radical (unpaired) electrons. The second-order valence-corrected chi connectivity index (χ2v) is 9.21. The van der Waals surface area contributed by atoms with Crippen molar-refractivity contribution in [2.24, 2.45) is 11.8 Å². The smallest absolute Gasteiger partial charge is 0.335 e. The lowest BCUT2D eigenvalue weighted by molar-refractivity contribution is 0.0697. The largest absolute Gasteiger partial charge is 0.497 e. The second kappa shape index (κ2) is 7.56. The molecule has 3 atom stereocenters. The fraction of sp³-hybridized carbons (Fsp3) is 0.321. The molecule has 0 spiro atoms. The zero-order valence-electron chi connectivity index (χ0n) is 18.1. The quantitative estimate of drug-likeness (QED) is 0.559. The summed E-state index contributed by atoms with van der Waals surface area (Å²) in [7, 11) is 1.71. The minimum atomic E-state index is -0.872. The third kappa shape index (κ3) is 3.42. The minimum absolute atomic E-state index is 0.277. The molecular weight excluding hydrogens is 384 g/mol. The van der Waals surface area contributed by atoms with Crippen molar-refractivity contribution in [3.05, 3.63) is 100 Å². The van der Waals surface area contributed by atoms with Crippen LogP contribution in [0.5, 0.6) is 5.75 Å². The molecular formula is C28H28O3. The number of carboxylic acids is 1. The van der Waals surface area contributed by atoms with Crippen LogP contribution in [-0.4, -0.2) is 18.2 Å². The Balaban J connectivity index is 1.33. The van der Waals surface area contributed by atoms with E-state index in [1.807, 2.05) is 12.1 Å². The number of ether oxygens (including phenoxy) is 1. The first-order valence-corrected chi connectivity index (χ1v) is 11.1. The van der Waals surface area contributed by atoms with Crippen LogP contribution >= 0.6 is 0 Å². The molecule has 0 saturated heterocycles. The first kappa shape index (κ1) is 19.9. The number of hydrogen-bond acceptors (Lipinski definition) is 2. The summed E-state index contributed by atoms with van der Waals surface area (Å²) >= 11 is 0. The SMILES string of the molecule is COc1ccc(CC2C3Cc4cccc(CCc5ccc(C(=O)O)cc5)c4C23C)cc1. The predicted octanol–water partition coefficient (Wildman–Crippen LogP) is 5.48. The van der Waals surface area contributed by atoms with Gasteiger partial charge in [-0.2, -0.15) is 0 Å². The lowest BCUT2D eigenvalue weighted by atomic mass is 9.85. The van der Waals surface area contributed by atoms with Crippen molar-refractivity contribution in [2.45, 2.75) is 38.0 Å². The maximum absolute atomic E-state index is 11.1. The van der Waals surface area contributed by atoms with Crippen LogP contribution in [0.15, 0.2) is 66.7 Å². The number of carboxylic acid groups (broad SMARTS) is 1. The Morgan fingerprint density at radius 3 is 2.39 bits per heavy atom. The normalized spacial score (nSPS) is 23.2. The van der Waals surface area contributed by atoms with Gasteiger partial charge in [-0.25, -0.2) is 4.79 Å². The first-order valence-electron chi connectivity index (χ1n) is 11.1. The van der Waals surface area contributed by atoms with Gasteiger partial charge in [-0.1, -0.05) is 49.4 Å². The molecule has 3 unspecified atom stereocenters. The number of hydrogen-bond donors (Lipinski definition) is 1. The Kier molecular flexibility index (Phi) is 4.85. The van der Waals surface area contributed by atoms with Crippen LogP contribution in [0.3, 0.4) is 0 Å². The van der Waals surface area contributed by atoms with Crippen molar-refractivity contribution in [1.29, 1.82) is 0 Å². The molecule has 3 aromatic carbocycles.